The van der Waals surface area contributed by atoms with Gasteiger partial charge >= 0.3 is 0 Å². The van der Waals surface area contributed by atoms with Crippen LogP contribution < -0.4 is 19.5 Å². The van der Waals surface area contributed by atoms with Crippen LogP contribution in [0.2, 0.25) is 0 Å². The van der Waals surface area contributed by atoms with Gasteiger partial charge in [0.25, 0.3) is 10.0 Å². The molecule has 1 amide bonds. The monoisotopic (exact) mass is 428 g/mol. The van der Waals surface area contributed by atoms with Crippen molar-refractivity contribution in [3.05, 3.63) is 46.9 Å². The van der Waals surface area contributed by atoms with Gasteiger partial charge in [-0.2, -0.15) is 0 Å². The molecule has 2 rings (SSSR count). The second kappa shape index (κ2) is 7.75. The molecule has 0 aromatic heterocycles. The predicted molar refractivity (Wildman–Crippen MR) is 97.4 cm³/mol. The second-order valence-electron chi connectivity index (χ2n) is 4.97. The SMILES string of the molecule is COc1ccc(N(CC(N)=O)S(=O)(=O)c2ccc(Br)cc2)c(OC)c1. The highest BCUT2D eigenvalue weighted by Gasteiger charge is 2.29. The van der Waals surface area contributed by atoms with Crippen LogP contribution >= 0.6 is 15.9 Å². The quantitative estimate of drug-likeness (QED) is 0.727. The Hall–Kier alpha value is -2.26. The number of nitrogens with zero attached hydrogens (tertiary/aromatic N) is 1. The predicted octanol–water partition coefficient (Wildman–Crippen LogP) is 2.15. The molecule has 134 valence electrons. The molecule has 0 fully saturated rings. The van der Waals surface area contributed by atoms with E-state index in [9.17, 15) is 13.2 Å². The second-order valence-corrected chi connectivity index (χ2v) is 7.75. The largest absolute Gasteiger partial charge is 0.497 e. The number of halogens is 1. The first-order valence-corrected chi connectivity index (χ1v) is 9.31. The first-order chi connectivity index (χ1) is 11.8. The zero-order chi connectivity index (χ0) is 18.6. The van der Waals surface area contributed by atoms with Gasteiger partial charge in [0.15, 0.2) is 0 Å². The van der Waals surface area contributed by atoms with Crippen LogP contribution in [-0.2, 0) is 14.8 Å². The van der Waals surface area contributed by atoms with E-state index in [-0.39, 0.29) is 16.3 Å². The molecule has 0 radical (unpaired) electrons. The lowest BCUT2D eigenvalue weighted by Gasteiger charge is -2.25. The van der Waals surface area contributed by atoms with Crippen LogP contribution in [0.3, 0.4) is 0 Å². The maximum atomic E-state index is 13.0. The third-order valence-electron chi connectivity index (χ3n) is 3.36. The summed E-state index contributed by atoms with van der Waals surface area (Å²) < 4.78 is 38.0. The third kappa shape index (κ3) is 4.23. The summed E-state index contributed by atoms with van der Waals surface area (Å²) in [6, 6.07) is 10.7. The number of primary amides is 1. The average molecular weight is 429 g/mol. The minimum atomic E-state index is -4.03. The number of amides is 1. The number of hydrogen-bond acceptors (Lipinski definition) is 5. The summed E-state index contributed by atoms with van der Waals surface area (Å²) in [6.45, 7) is -0.527. The van der Waals surface area contributed by atoms with Gasteiger partial charge in [-0.25, -0.2) is 8.42 Å². The molecule has 0 atom stereocenters. The molecule has 0 saturated carbocycles. The maximum Gasteiger partial charge on any atom is 0.264 e. The normalized spacial score (nSPS) is 11.0. The van der Waals surface area contributed by atoms with E-state index in [1.54, 1.807) is 18.2 Å². The summed E-state index contributed by atoms with van der Waals surface area (Å²) >= 11 is 3.26. The molecule has 2 aromatic carbocycles. The number of hydrogen-bond donors (Lipinski definition) is 1. The molecular weight excluding hydrogens is 412 g/mol. The minimum Gasteiger partial charge on any atom is -0.497 e. The molecule has 0 aliphatic rings. The summed E-state index contributed by atoms with van der Waals surface area (Å²) in [5.41, 5.74) is 5.44. The number of carbonyl (C=O) groups is 1. The molecule has 0 heterocycles. The average Bonchev–Trinajstić information content (AvgIpc) is 2.59. The summed E-state index contributed by atoms with van der Waals surface area (Å²) in [6.07, 6.45) is 0. The Balaban J connectivity index is 2.60. The van der Waals surface area contributed by atoms with Crippen molar-refractivity contribution in [3.8, 4) is 11.5 Å². The fourth-order valence-electron chi connectivity index (χ4n) is 2.17. The smallest absolute Gasteiger partial charge is 0.264 e. The lowest BCUT2D eigenvalue weighted by molar-refractivity contribution is -0.116. The van der Waals surface area contributed by atoms with E-state index in [1.807, 2.05) is 0 Å². The fraction of sp³-hybridized carbons (Fsp3) is 0.188. The number of nitrogens with two attached hydrogens (primary N) is 1. The van der Waals surface area contributed by atoms with Crippen molar-refractivity contribution >= 4 is 37.5 Å². The van der Waals surface area contributed by atoms with Gasteiger partial charge in [-0.3, -0.25) is 9.10 Å². The van der Waals surface area contributed by atoms with Crippen LogP contribution in [0.25, 0.3) is 0 Å². The number of anilines is 1. The molecule has 9 heteroatoms. The summed E-state index contributed by atoms with van der Waals surface area (Å²) in [7, 11) is -1.15. The van der Waals surface area contributed by atoms with Crippen LogP contribution in [-0.4, -0.2) is 35.1 Å². The van der Waals surface area contributed by atoms with Crippen molar-refractivity contribution in [2.75, 3.05) is 25.1 Å². The van der Waals surface area contributed by atoms with Gasteiger partial charge in [-0.1, -0.05) is 15.9 Å². The molecule has 0 spiro atoms. The van der Waals surface area contributed by atoms with Crippen molar-refractivity contribution < 1.29 is 22.7 Å². The highest BCUT2D eigenvalue weighted by molar-refractivity contribution is 9.10. The number of carbonyl (C=O) groups excluding carboxylic acids is 1. The molecule has 0 saturated heterocycles. The van der Waals surface area contributed by atoms with Crippen molar-refractivity contribution in [1.29, 1.82) is 0 Å². The van der Waals surface area contributed by atoms with E-state index >= 15 is 0 Å². The van der Waals surface area contributed by atoms with E-state index in [4.69, 9.17) is 15.2 Å². The first kappa shape index (κ1) is 19.1. The van der Waals surface area contributed by atoms with Gasteiger partial charge in [0.05, 0.1) is 24.8 Å². The Morgan fingerprint density at radius 3 is 2.28 bits per heavy atom. The van der Waals surface area contributed by atoms with Gasteiger partial charge in [0.2, 0.25) is 5.91 Å². The number of methoxy groups -OCH3 is 2. The Morgan fingerprint density at radius 2 is 1.76 bits per heavy atom. The van der Waals surface area contributed by atoms with E-state index in [0.717, 1.165) is 8.78 Å². The van der Waals surface area contributed by atoms with Gasteiger partial charge < -0.3 is 15.2 Å². The fourth-order valence-corrected chi connectivity index (χ4v) is 3.87. The Labute approximate surface area is 154 Å². The number of benzene rings is 2. The minimum absolute atomic E-state index is 0.0230. The molecule has 25 heavy (non-hydrogen) atoms. The summed E-state index contributed by atoms with van der Waals surface area (Å²) in [5, 5.41) is 0. The van der Waals surface area contributed by atoms with Gasteiger partial charge in [0, 0.05) is 10.5 Å². The van der Waals surface area contributed by atoms with E-state index in [0.29, 0.717) is 5.75 Å². The zero-order valence-corrected chi connectivity index (χ0v) is 16.0. The number of sulfonamides is 1. The summed E-state index contributed by atoms with van der Waals surface area (Å²) in [5.74, 6) is -0.0690. The van der Waals surface area contributed by atoms with Gasteiger partial charge in [0.1, 0.15) is 18.0 Å². The third-order valence-corrected chi connectivity index (χ3v) is 5.66. The van der Waals surface area contributed by atoms with Crippen molar-refractivity contribution in [3.63, 3.8) is 0 Å². The highest BCUT2D eigenvalue weighted by Crippen LogP contribution is 2.35. The van der Waals surface area contributed by atoms with Crippen LogP contribution in [0.1, 0.15) is 0 Å². The molecule has 0 bridgehead atoms. The molecule has 0 unspecified atom stereocenters. The van der Waals surface area contributed by atoms with Crippen LogP contribution in [0.4, 0.5) is 5.69 Å². The van der Waals surface area contributed by atoms with Gasteiger partial charge in [-0.15, -0.1) is 0 Å². The molecule has 0 aliphatic carbocycles. The van der Waals surface area contributed by atoms with Crippen molar-refractivity contribution in [1.82, 2.24) is 0 Å². The van der Waals surface area contributed by atoms with Crippen molar-refractivity contribution in [2.24, 2.45) is 5.73 Å². The molecular formula is C16H17BrN2O5S. The zero-order valence-electron chi connectivity index (χ0n) is 13.6. The Kier molecular flexibility index (Phi) is 5.91. The Bertz CT molecular complexity index is 869. The van der Waals surface area contributed by atoms with Crippen molar-refractivity contribution in [2.45, 2.75) is 4.90 Å². The number of ether oxygens (including phenoxy) is 2. The molecule has 2 aromatic rings. The molecule has 2 N–H and O–H groups in total. The van der Waals surface area contributed by atoms with E-state index in [2.05, 4.69) is 15.9 Å². The topological polar surface area (TPSA) is 98.9 Å². The van der Waals surface area contributed by atoms with E-state index < -0.39 is 22.5 Å². The van der Waals surface area contributed by atoms with Crippen LogP contribution in [0.5, 0.6) is 11.5 Å². The molecule has 0 aliphatic heterocycles. The standard InChI is InChI=1S/C16H17BrN2O5S/c1-23-12-5-8-14(15(9-12)24-2)19(10-16(18)20)25(21,22)13-6-3-11(17)4-7-13/h3-9H,10H2,1-2H3,(H2,18,20). The molecule has 7 nitrogen and oxygen atoms in total. The maximum absolute atomic E-state index is 13.0. The van der Waals surface area contributed by atoms with Crippen LogP contribution in [0.15, 0.2) is 51.8 Å². The number of rotatable bonds is 7. The summed E-state index contributed by atoms with van der Waals surface area (Å²) in [4.78, 5) is 11.5. The van der Waals surface area contributed by atoms with E-state index in [1.165, 1.54) is 38.5 Å². The van der Waals surface area contributed by atoms with Crippen LogP contribution in [0, 0.1) is 0 Å². The lowest BCUT2D eigenvalue weighted by Crippen LogP contribution is -2.38. The Morgan fingerprint density at radius 1 is 1.12 bits per heavy atom. The van der Waals surface area contributed by atoms with Gasteiger partial charge in [-0.05, 0) is 36.4 Å². The highest BCUT2D eigenvalue weighted by atomic mass is 79.9. The first-order valence-electron chi connectivity index (χ1n) is 7.08. The lowest BCUT2D eigenvalue weighted by atomic mass is 10.2.